The molecule has 134 valence electrons. The zero-order valence-electron chi connectivity index (χ0n) is 14.7. The van der Waals surface area contributed by atoms with Crippen molar-refractivity contribution < 1.29 is 4.52 Å². The topological polar surface area (TPSA) is 75.9 Å². The predicted octanol–water partition coefficient (Wildman–Crippen LogP) is 3.08. The van der Waals surface area contributed by atoms with Crippen molar-refractivity contribution in [1.82, 2.24) is 20.4 Å². The number of anilines is 1. The lowest BCUT2D eigenvalue weighted by Crippen LogP contribution is -2.22. The summed E-state index contributed by atoms with van der Waals surface area (Å²) in [5.74, 6) is 2.15. The highest BCUT2D eigenvalue weighted by molar-refractivity contribution is 5.54. The molecule has 2 N–H and O–H groups in total. The highest BCUT2D eigenvalue weighted by atomic mass is 16.5. The van der Waals surface area contributed by atoms with Gasteiger partial charge < -0.3 is 15.2 Å². The fraction of sp³-hybridized carbons (Fsp3) is 0.350. The van der Waals surface area contributed by atoms with Crippen LogP contribution in [0.2, 0.25) is 0 Å². The fourth-order valence-electron chi connectivity index (χ4n) is 3.16. The van der Waals surface area contributed by atoms with Crippen LogP contribution in [0.1, 0.15) is 24.2 Å². The molecule has 3 aromatic rings. The Labute approximate surface area is 153 Å². The van der Waals surface area contributed by atoms with E-state index in [4.69, 9.17) is 4.52 Å². The van der Waals surface area contributed by atoms with Crippen LogP contribution >= 0.6 is 0 Å². The van der Waals surface area contributed by atoms with Gasteiger partial charge in [-0.25, -0.2) is 4.98 Å². The summed E-state index contributed by atoms with van der Waals surface area (Å²) in [5.41, 5.74) is 2.18. The number of aromatic nitrogens is 3. The lowest BCUT2D eigenvalue weighted by Gasteiger charge is -2.11. The van der Waals surface area contributed by atoms with Gasteiger partial charge in [-0.2, -0.15) is 4.98 Å². The van der Waals surface area contributed by atoms with Gasteiger partial charge in [0.25, 0.3) is 5.89 Å². The first kappa shape index (κ1) is 16.7. The van der Waals surface area contributed by atoms with E-state index in [0.29, 0.717) is 11.9 Å². The summed E-state index contributed by atoms with van der Waals surface area (Å²) in [4.78, 5) is 8.96. The van der Waals surface area contributed by atoms with Gasteiger partial charge in [-0.15, -0.1) is 0 Å². The van der Waals surface area contributed by atoms with Gasteiger partial charge >= 0.3 is 0 Å². The van der Waals surface area contributed by atoms with Crippen molar-refractivity contribution in [3.8, 4) is 11.5 Å². The predicted molar refractivity (Wildman–Crippen MR) is 101 cm³/mol. The van der Waals surface area contributed by atoms with Crippen molar-refractivity contribution in [3.05, 3.63) is 60.0 Å². The number of nitrogens with zero attached hydrogens (tertiary/aromatic N) is 3. The Morgan fingerprint density at radius 1 is 1.12 bits per heavy atom. The molecule has 3 heterocycles. The second-order valence-electron chi connectivity index (χ2n) is 6.62. The van der Waals surface area contributed by atoms with E-state index in [1.54, 1.807) is 6.20 Å². The maximum atomic E-state index is 5.40. The van der Waals surface area contributed by atoms with Crippen LogP contribution in [-0.4, -0.2) is 34.3 Å². The molecular formula is C20H23N5O. The standard InChI is InChI=1S/C20H23N5O/c1-2-5-15(6-3-1)7-4-8-19-24-20(26-25-19)16-9-10-18(22-13-16)23-17-11-12-21-14-17/h1-3,5-6,9-10,13,17,21H,4,7-8,11-12,14H2,(H,22,23)/t17-/m0/s1. The molecule has 0 unspecified atom stereocenters. The average molecular weight is 349 g/mol. The number of rotatable bonds is 7. The van der Waals surface area contributed by atoms with Gasteiger partial charge in [0.05, 0.1) is 5.56 Å². The summed E-state index contributed by atoms with van der Waals surface area (Å²) in [6.45, 7) is 2.05. The van der Waals surface area contributed by atoms with E-state index < -0.39 is 0 Å². The smallest absolute Gasteiger partial charge is 0.259 e. The molecule has 0 spiro atoms. The molecule has 0 bridgehead atoms. The van der Waals surface area contributed by atoms with Crippen LogP contribution < -0.4 is 10.6 Å². The Morgan fingerprint density at radius 3 is 2.81 bits per heavy atom. The highest BCUT2D eigenvalue weighted by Gasteiger charge is 2.15. The molecule has 1 aromatic carbocycles. The van der Waals surface area contributed by atoms with E-state index >= 15 is 0 Å². The summed E-state index contributed by atoms with van der Waals surface area (Å²) in [5, 5.41) is 10.9. The summed E-state index contributed by atoms with van der Waals surface area (Å²) in [6, 6.07) is 14.8. The van der Waals surface area contributed by atoms with Gasteiger partial charge in [0.15, 0.2) is 5.82 Å². The second-order valence-corrected chi connectivity index (χ2v) is 6.62. The average Bonchev–Trinajstić information content (AvgIpc) is 3.36. The molecule has 4 rings (SSSR count). The quantitative estimate of drug-likeness (QED) is 0.683. The number of aryl methyl sites for hydroxylation is 2. The number of nitrogens with one attached hydrogen (secondary N) is 2. The minimum atomic E-state index is 0.452. The van der Waals surface area contributed by atoms with Crippen molar-refractivity contribution in [2.75, 3.05) is 18.4 Å². The molecule has 1 aliphatic rings. The van der Waals surface area contributed by atoms with Crippen LogP contribution in [0.3, 0.4) is 0 Å². The number of pyridine rings is 1. The largest absolute Gasteiger partial charge is 0.366 e. The van der Waals surface area contributed by atoms with Crippen LogP contribution in [0.5, 0.6) is 0 Å². The van der Waals surface area contributed by atoms with Gasteiger partial charge in [-0.3, -0.25) is 0 Å². The van der Waals surface area contributed by atoms with Crippen molar-refractivity contribution in [1.29, 1.82) is 0 Å². The minimum Gasteiger partial charge on any atom is -0.366 e. The van der Waals surface area contributed by atoms with Crippen molar-refractivity contribution in [3.63, 3.8) is 0 Å². The summed E-state index contributed by atoms with van der Waals surface area (Å²) in [7, 11) is 0. The maximum absolute atomic E-state index is 5.40. The summed E-state index contributed by atoms with van der Waals surface area (Å²) >= 11 is 0. The lowest BCUT2D eigenvalue weighted by molar-refractivity contribution is 0.421. The zero-order chi connectivity index (χ0) is 17.6. The number of benzene rings is 1. The third-order valence-corrected chi connectivity index (χ3v) is 4.60. The third-order valence-electron chi connectivity index (χ3n) is 4.60. The Morgan fingerprint density at radius 2 is 2.04 bits per heavy atom. The molecule has 1 aliphatic heterocycles. The van der Waals surface area contributed by atoms with Gasteiger partial charge in [-0.05, 0) is 43.5 Å². The zero-order valence-corrected chi connectivity index (χ0v) is 14.7. The van der Waals surface area contributed by atoms with Crippen LogP contribution in [0.25, 0.3) is 11.5 Å². The van der Waals surface area contributed by atoms with E-state index in [-0.39, 0.29) is 0 Å². The van der Waals surface area contributed by atoms with E-state index in [1.165, 1.54) is 5.56 Å². The second kappa shape index (κ2) is 8.10. The first-order valence-electron chi connectivity index (χ1n) is 9.17. The van der Waals surface area contributed by atoms with Crippen LogP contribution in [0.4, 0.5) is 5.82 Å². The van der Waals surface area contributed by atoms with Crippen LogP contribution in [0.15, 0.2) is 53.2 Å². The van der Waals surface area contributed by atoms with Gasteiger partial charge in [0, 0.05) is 25.2 Å². The van der Waals surface area contributed by atoms with Crippen molar-refractivity contribution in [2.24, 2.45) is 0 Å². The van der Waals surface area contributed by atoms with Crippen molar-refractivity contribution in [2.45, 2.75) is 31.7 Å². The molecule has 0 aliphatic carbocycles. The molecule has 1 atom stereocenters. The molecule has 1 fully saturated rings. The fourth-order valence-corrected chi connectivity index (χ4v) is 3.16. The van der Waals surface area contributed by atoms with E-state index in [9.17, 15) is 0 Å². The maximum Gasteiger partial charge on any atom is 0.259 e. The monoisotopic (exact) mass is 349 g/mol. The molecular weight excluding hydrogens is 326 g/mol. The highest BCUT2D eigenvalue weighted by Crippen LogP contribution is 2.19. The van der Waals surface area contributed by atoms with Gasteiger partial charge in [0.1, 0.15) is 5.82 Å². The molecule has 0 radical (unpaired) electrons. The Bertz CT molecular complexity index is 810. The SMILES string of the molecule is c1ccc(CCCc2noc(-c3ccc(N[C@H]4CCNC4)nc3)n2)cc1. The van der Waals surface area contributed by atoms with Crippen molar-refractivity contribution >= 4 is 5.82 Å². The Kier molecular flexibility index (Phi) is 5.21. The first-order chi connectivity index (χ1) is 12.9. The van der Waals surface area contributed by atoms with Crippen LogP contribution in [0, 0.1) is 0 Å². The molecule has 0 amide bonds. The normalized spacial score (nSPS) is 16.7. The third kappa shape index (κ3) is 4.26. The number of hydrogen-bond donors (Lipinski definition) is 2. The molecule has 1 saturated heterocycles. The van der Waals surface area contributed by atoms with Crippen LogP contribution in [-0.2, 0) is 12.8 Å². The summed E-state index contributed by atoms with van der Waals surface area (Å²) in [6.07, 6.45) is 5.73. The Balaban J connectivity index is 1.32. The minimum absolute atomic E-state index is 0.452. The van der Waals surface area contributed by atoms with Gasteiger partial charge in [0.2, 0.25) is 0 Å². The van der Waals surface area contributed by atoms with E-state index in [2.05, 4.69) is 50.0 Å². The van der Waals surface area contributed by atoms with Gasteiger partial charge in [-0.1, -0.05) is 35.5 Å². The molecule has 2 aromatic heterocycles. The first-order valence-corrected chi connectivity index (χ1v) is 9.17. The summed E-state index contributed by atoms with van der Waals surface area (Å²) < 4.78 is 5.40. The molecule has 6 nitrogen and oxygen atoms in total. The molecule has 0 saturated carbocycles. The lowest BCUT2D eigenvalue weighted by atomic mass is 10.1. The Hall–Kier alpha value is -2.73. The number of hydrogen-bond acceptors (Lipinski definition) is 6. The molecule has 26 heavy (non-hydrogen) atoms. The van der Waals surface area contributed by atoms with E-state index in [1.807, 2.05) is 18.2 Å². The van der Waals surface area contributed by atoms with E-state index in [0.717, 1.165) is 56.0 Å². The molecule has 6 heteroatoms.